The van der Waals surface area contributed by atoms with E-state index < -0.39 is 11.0 Å². The Kier molecular flexibility index (Phi) is 4.31. The first kappa shape index (κ1) is 14.5. The smallest absolute Gasteiger partial charge is 0.119 e. The summed E-state index contributed by atoms with van der Waals surface area (Å²) in [6.45, 7) is 7.00. The molecule has 0 unspecified atom stereocenters. The maximum Gasteiger partial charge on any atom is 0.119 e. The van der Waals surface area contributed by atoms with Gasteiger partial charge in [-0.1, -0.05) is 12.1 Å². The van der Waals surface area contributed by atoms with Crippen molar-refractivity contribution in [3.63, 3.8) is 0 Å². The molecule has 0 amide bonds. The topological polar surface area (TPSA) is 29.5 Å². The van der Waals surface area contributed by atoms with E-state index in [4.69, 9.17) is 4.74 Å². The van der Waals surface area contributed by atoms with Gasteiger partial charge in [-0.15, -0.1) is 0 Å². The molecular weight excluding hydrogens is 258 g/mol. The lowest BCUT2D eigenvalue weighted by Crippen LogP contribution is -2.37. The van der Waals surface area contributed by atoms with Crippen molar-refractivity contribution in [2.75, 3.05) is 13.7 Å². The molecule has 1 aliphatic rings. The van der Waals surface area contributed by atoms with E-state index in [2.05, 4.69) is 16.4 Å². The van der Waals surface area contributed by atoms with Crippen LogP contribution in [-0.2, 0) is 11.0 Å². The highest BCUT2D eigenvalue weighted by Crippen LogP contribution is 2.36. The van der Waals surface area contributed by atoms with Crippen molar-refractivity contribution < 1.29 is 8.95 Å². The number of hydrogen-bond acceptors (Lipinski definition) is 2. The quantitative estimate of drug-likeness (QED) is 0.851. The Morgan fingerprint density at radius 2 is 2.11 bits per heavy atom. The second-order valence-corrected chi connectivity index (χ2v) is 8.13. The van der Waals surface area contributed by atoms with Crippen LogP contribution in [0.15, 0.2) is 24.3 Å². The summed E-state index contributed by atoms with van der Waals surface area (Å²) in [5, 5.41) is 0. The molecule has 0 aromatic heterocycles. The van der Waals surface area contributed by atoms with Gasteiger partial charge in [0.25, 0.3) is 0 Å². The van der Waals surface area contributed by atoms with Gasteiger partial charge in [0.2, 0.25) is 0 Å². The Balaban J connectivity index is 2.25. The van der Waals surface area contributed by atoms with Gasteiger partial charge in [0.05, 0.1) is 11.9 Å². The first-order valence-corrected chi connectivity index (χ1v) is 7.87. The maximum absolute atomic E-state index is 12.6. The van der Waals surface area contributed by atoms with Gasteiger partial charge in [-0.2, -0.15) is 0 Å². The van der Waals surface area contributed by atoms with Gasteiger partial charge in [-0.3, -0.25) is 0 Å². The number of rotatable bonds is 3. The molecule has 1 saturated heterocycles. The highest BCUT2D eigenvalue weighted by Gasteiger charge is 2.35. The van der Waals surface area contributed by atoms with Crippen molar-refractivity contribution >= 4 is 11.0 Å². The molecule has 2 rings (SSSR count). The van der Waals surface area contributed by atoms with Gasteiger partial charge in [0, 0.05) is 12.6 Å². The molecule has 2 atom stereocenters. The Bertz CT molecular complexity index is 467. The fraction of sp³-hybridized carbons (Fsp3) is 0.600. The molecule has 1 fully saturated rings. The largest absolute Gasteiger partial charge is 0.497 e. The minimum Gasteiger partial charge on any atom is -0.497 e. The van der Waals surface area contributed by atoms with E-state index in [1.54, 1.807) is 7.11 Å². The second kappa shape index (κ2) is 5.63. The molecule has 1 aromatic rings. The first-order valence-electron chi connectivity index (χ1n) is 6.76. The van der Waals surface area contributed by atoms with Crippen LogP contribution in [-0.4, -0.2) is 26.9 Å². The van der Waals surface area contributed by atoms with Crippen molar-refractivity contribution in [2.24, 2.45) is 0 Å². The number of nitrogens with zero attached hydrogens (tertiary/aromatic N) is 1. The zero-order chi connectivity index (χ0) is 14.0. The minimum absolute atomic E-state index is 0.207. The average molecular weight is 281 g/mol. The van der Waals surface area contributed by atoms with E-state index in [-0.39, 0.29) is 10.8 Å². The number of methoxy groups -OCH3 is 1. The van der Waals surface area contributed by atoms with Crippen molar-refractivity contribution in [3.05, 3.63) is 29.8 Å². The minimum atomic E-state index is -0.959. The van der Waals surface area contributed by atoms with Crippen LogP contribution in [0.25, 0.3) is 0 Å². The zero-order valence-electron chi connectivity index (χ0n) is 12.2. The third-order valence-electron chi connectivity index (χ3n) is 3.42. The number of ether oxygens (including phenoxy) is 1. The molecular formula is C15H23NO2S. The van der Waals surface area contributed by atoms with Crippen molar-refractivity contribution in [1.29, 1.82) is 0 Å². The number of hydrogen-bond donors (Lipinski definition) is 0. The Morgan fingerprint density at radius 1 is 1.37 bits per heavy atom. The van der Waals surface area contributed by atoms with Crippen LogP contribution in [0.4, 0.5) is 0 Å². The molecule has 0 saturated carbocycles. The van der Waals surface area contributed by atoms with Crippen LogP contribution in [0.2, 0.25) is 0 Å². The summed E-state index contributed by atoms with van der Waals surface area (Å²) in [5.41, 5.74) is 1.20. The molecule has 0 spiro atoms. The third-order valence-corrected chi connectivity index (χ3v) is 5.33. The van der Waals surface area contributed by atoms with Gasteiger partial charge in [-0.25, -0.2) is 8.51 Å². The van der Waals surface area contributed by atoms with E-state index >= 15 is 0 Å². The van der Waals surface area contributed by atoms with Crippen LogP contribution >= 0.6 is 0 Å². The molecule has 1 aliphatic heterocycles. The van der Waals surface area contributed by atoms with Gasteiger partial charge in [0.15, 0.2) is 0 Å². The lowest BCUT2D eigenvalue weighted by Gasteiger charge is -2.30. The molecule has 19 heavy (non-hydrogen) atoms. The molecule has 0 radical (unpaired) electrons. The third kappa shape index (κ3) is 3.18. The average Bonchev–Trinajstić information content (AvgIpc) is 2.85. The van der Waals surface area contributed by atoms with Crippen LogP contribution < -0.4 is 4.74 Å². The van der Waals surface area contributed by atoms with Crippen LogP contribution in [0.3, 0.4) is 0 Å². The van der Waals surface area contributed by atoms with Crippen molar-refractivity contribution in [3.8, 4) is 5.75 Å². The summed E-state index contributed by atoms with van der Waals surface area (Å²) in [5.74, 6) is 0.867. The summed E-state index contributed by atoms with van der Waals surface area (Å²) in [6, 6.07) is 8.36. The standard InChI is InChI=1S/C15H23NO2S/c1-15(2,3)19(17)16-10-6-9-14(16)12-7-5-8-13(11-12)18-4/h5,7-8,11,14H,6,9-10H2,1-4H3/t14-,19+/m0/s1. The first-order chi connectivity index (χ1) is 8.93. The summed E-state index contributed by atoms with van der Waals surface area (Å²) in [7, 11) is 0.720. The van der Waals surface area contributed by atoms with E-state index in [1.807, 2.05) is 32.9 Å². The normalized spacial score (nSPS) is 22.4. The Morgan fingerprint density at radius 3 is 2.74 bits per heavy atom. The van der Waals surface area contributed by atoms with Crippen molar-refractivity contribution in [2.45, 2.75) is 44.4 Å². The predicted molar refractivity (Wildman–Crippen MR) is 79.6 cm³/mol. The van der Waals surface area contributed by atoms with Gasteiger partial charge >= 0.3 is 0 Å². The van der Waals surface area contributed by atoms with Crippen molar-refractivity contribution in [1.82, 2.24) is 4.31 Å². The van der Waals surface area contributed by atoms with E-state index in [0.29, 0.717) is 0 Å². The monoisotopic (exact) mass is 281 g/mol. The van der Waals surface area contributed by atoms with E-state index in [1.165, 1.54) is 5.56 Å². The highest BCUT2D eigenvalue weighted by atomic mass is 32.2. The molecule has 1 aromatic carbocycles. The molecule has 0 aliphatic carbocycles. The summed E-state index contributed by atoms with van der Waals surface area (Å²) in [4.78, 5) is 0. The predicted octanol–water partition coefficient (Wildman–Crippen LogP) is 3.29. The molecule has 0 bridgehead atoms. The van der Waals surface area contributed by atoms with Gasteiger partial charge in [-0.05, 0) is 51.3 Å². The van der Waals surface area contributed by atoms with Gasteiger partial charge < -0.3 is 4.74 Å². The summed E-state index contributed by atoms with van der Waals surface area (Å²) < 4.78 is 19.8. The SMILES string of the molecule is COc1cccc([C@@H]2CCCN2[S@](=O)C(C)(C)C)c1. The maximum atomic E-state index is 12.6. The molecule has 3 nitrogen and oxygen atoms in total. The molecule has 4 heteroatoms. The molecule has 1 heterocycles. The second-order valence-electron chi connectivity index (χ2n) is 5.94. The Labute approximate surface area is 118 Å². The van der Waals surface area contributed by atoms with E-state index in [9.17, 15) is 4.21 Å². The van der Waals surface area contributed by atoms with Crippen LogP contribution in [0.5, 0.6) is 5.75 Å². The lowest BCUT2D eigenvalue weighted by molar-refractivity contribution is 0.402. The van der Waals surface area contributed by atoms with E-state index in [0.717, 1.165) is 25.1 Å². The van der Waals surface area contributed by atoms with Crippen LogP contribution in [0, 0.1) is 0 Å². The zero-order valence-corrected chi connectivity index (χ0v) is 13.0. The summed E-state index contributed by atoms with van der Waals surface area (Å²) in [6.07, 6.45) is 2.17. The highest BCUT2D eigenvalue weighted by molar-refractivity contribution is 7.84. The van der Waals surface area contributed by atoms with Crippen LogP contribution in [0.1, 0.15) is 45.2 Å². The fourth-order valence-corrected chi connectivity index (χ4v) is 3.93. The molecule has 106 valence electrons. The number of benzene rings is 1. The fourth-order valence-electron chi connectivity index (χ4n) is 2.47. The lowest BCUT2D eigenvalue weighted by atomic mass is 10.1. The Hall–Kier alpha value is -0.870. The van der Waals surface area contributed by atoms with Gasteiger partial charge in [0.1, 0.15) is 16.7 Å². The summed E-state index contributed by atoms with van der Waals surface area (Å²) >= 11 is 0. The molecule has 0 N–H and O–H groups in total.